The molecule has 0 aliphatic rings. The maximum atomic E-state index is 11.8. The lowest BCUT2D eigenvalue weighted by Gasteiger charge is -1.98. The third-order valence-corrected chi connectivity index (χ3v) is 3.76. The third kappa shape index (κ3) is 3.05. The fourth-order valence-electron chi connectivity index (χ4n) is 1.85. The molecule has 3 rings (SSSR count). The zero-order valence-electron chi connectivity index (χ0n) is 11.7. The van der Waals surface area contributed by atoms with Gasteiger partial charge in [-0.1, -0.05) is 18.2 Å². The van der Waals surface area contributed by atoms with Crippen LogP contribution in [0.4, 0.5) is 0 Å². The lowest BCUT2D eigenvalue weighted by molar-refractivity contribution is 0.0950. The van der Waals surface area contributed by atoms with Crippen molar-refractivity contribution in [2.75, 3.05) is 13.1 Å². The highest BCUT2D eigenvalue weighted by atomic mass is 32.1. The summed E-state index contributed by atoms with van der Waals surface area (Å²) in [5.41, 5.74) is 6.60. The molecule has 6 nitrogen and oxygen atoms in total. The van der Waals surface area contributed by atoms with Gasteiger partial charge in [0.05, 0.1) is 6.20 Å². The van der Waals surface area contributed by atoms with Gasteiger partial charge in [0.15, 0.2) is 10.8 Å². The van der Waals surface area contributed by atoms with Crippen LogP contribution in [0.25, 0.3) is 22.2 Å². The van der Waals surface area contributed by atoms with E-state index in [4.69, 9.17) is 10.2 Å². The van der Waals surface area contributed by atoms with Gasteiger partial charge in [-0.3, -0.25) is 4.79 Å². The van der Waals surface area contributed by atoms with Crippen molar-refractivity contribution in [1.82, 2.24) is 15.3 Å². The molecule has 7 heteroatoms. The normalized spacial score (nSPS) is 10.6. The van der Waals surface area contributed by atoms with E-state index in [9.17, 15) is 4.79 Å². The highest BCUT2D eigenvalue weighted by Gasteiger charge is 2.15. The van der Waals surface area contributed by atoms with Gasteiger partial charge < -0.3 is 15.5 Å². The number of oxazole rings is 1. The Hall–Kier alpha value is -2.51. The molecule has 0 saturated carbocycles. The number of carbonyl (C=O) groups excluding carboxylic acids is 1. The Morgan fingerprint density at radius 3 is 2.91 bits per heavy atom. The minimum Gasteiger partial charge on any atom is -0.434 e. The highest BCUT2D eigenvalue weighted by molar-refractivity contribution is 7.13. The fourth-order valence-corrected chi connectivity index (χ4v) is 2.60. The van der Waals surface area contributed by atoms with Gasteiger partial charge in [0.2, 0.25) is 5.89 Å². The quantitative estimate of drug-likeness (QED) is 0.752. The van der Waals surface area contributed by atoms with E-state index >= 15 is 0 Å². The van der Waals surface area contributed by atoms with E-state index < -0.39 is 0 Å². The molecule has 0 radical (unpaired) electrons. The van der Waals surface area contributed by atoms with Crippen molar-refractivity contribution < 1.29 is 9.21 Å². The number of nitrogens with two attached hydrogens (primary N) is 1. The molecular weight excluding hydrogens is 300 g/mol. The molecule has 2 aromatic heterocycles. The van der Waals surface area contributed by atoms with Crippen molar-refractivity contribution in [3.63, 3.8) is 0 Å². The summed E-state index contributed by atoms with van der Waals surface area (Å²) in [5, 5.41) is 4.98. The molecule has 0 saturated heterocycles. The van der Waals surface area contributed by atoms with Crippen molar-refractivity contribution in [2.24, 2.45) is 5.73 Å². The maximum absolute atomic E-state index is 11.8. The number of nitrogens with one attached hydrogen (secondary N) is 1. The molecular formula is C15H14N4O2S. The molecule has 2 heterocycles. The van der Waals surface area contributed by atoms with Gasteiger partial charge in [0, 0.05) is 24.0 Å². The number of benzene rings is 1. The summed E-state index contributed by atoms with van der Waals surface area (Å²) in [7, 11) is 0. The molecule has 0 fully saturated rings. The molecule has 0 aliphatic heterocycles. The Morgan fingerprint density at radius 2 is 2.14 bits per heavy atom. The highest BCUT2D eigenvalue weighted by Crippen LogP contribution is 2.28. The number of nitrogens with zero attached hydrogens (tertiary/aromatic N) is 2. The smallest absolute Gasteiger partial charge is 0.270 e. The predicted molar refractivity (Wildman–Crippen MR) is 84.4 cm³/mol. The number of hydrogen-bond acceptors (Lipinski definition) is 6. The van der Waals surface area contributed by atoms with Crippen LogP contribution in [0.2, 0.25) is 0 Å². The summed E-state index contributed by atoms with van der Waals surface area (Å²) < 4.78 is 5.72. The van der Waals surface area contributed by atoms with Crippen LogP contribution in [0, 0.1) is 0 Å². The van der Waals surface area contributed by atoms with Crippen molar-refractivity contribution in [2.45, 2.75) is 0 Å². The Balaban J connectivity index is 1.80. The second kappa shape index (κ2) is 6.50. The van der Waals surface area contributed by atoms with Gasteiger partial charge in [-0.15, -0.1) is 11.3 Å². The minimum atomic E-state index is -0.240. The number of aromatic nitrogens is 2. The van der Waals surface area contributed by atoms with Gasteiger partial charge >= 0.3 is 0 Å². The van der Waals surface area contributed by atoms with Crippen LogP contribution in [-0.4, -0.2) is 29.0 Å². The van der Waals surface area contributed by atoms with E-state index in [2.05, 4.69) is 15.3 Å². The molecule has 0 spiro atoms. The molecule has 0 unspecified atom stereocenters. The molecule has 1 amide bonds. The average Bonchev–Trinajstić information content (AvgIpc) is 3.22. The first-order chi connectivity index (χ1) is 10.8. The number of thiazole rings is 1. The summed E-state index contributed by atoms with van der Waals surface area (Å²) in [6.45, 7) is 0.817. The average molecular weight is 314 g/mol. The number of carbonyl (C=O) groups is 1. The van der Waals surface area contributed by atoms with Crippen molar-refractivity contribution >= 4 is 17.2 Å². The molecule has 1 aromatic carbocycles. The van der Waals surface area contributed by atoms with Crippen LogP contribution in [0.15, 0.2) is 46.3 Å². The van der Waals surface area contributed by atoms with E-state index in [1.807, 2.05) is 30.3 Å². The fraction of sp³-hybridized carbons (Fsp3) is 0.133. The number of hydrogen-bond donors (Lipinski definition) is 2. The van der Waals surface area contributed by atoms with Crippen molar-refractivity contribution in [3.05, 3.63) is 47.6 Å². The van der Waals surface area contributed by atoms with E-state index in [0.717, 1.165) is 5.56 Å². The second-order valence-corrected chi connectivity index (χ2v) is 5.34. The van der Waals surface area contributed by atoms with Crippen LogP contribution in [0.1, 0.15) is 10.5 Å². The van der Waals surface area contributed by atoms with E-state index in [1.165, 1.54) is 11.3 Å². The molecule has 3 N–H and O–H groups in total. The first kappa shape index (κ1) is 14.4. The van der Waals surface area contributed by atoms with E-state index in [1.54, 1.807) is 11.6 Å². The minimum absolute atomic E-state index is 0.240. The van der Waals surface area contributed by atoms with Gasteiger partial charge in [-0.05, 0) is 12.1 Å². The Morgan fingerprint density at radius 1 is 1.32 bits per heavy atom. The van der Waals surface area contributed by atoms with E-state index in [-0.39, 0.29) is 5.91 Å². The Bertz CT molecular complexity index is 767. The summed E-state index contributed by atoms with van der Waals surface area (Å²) >= 11 is 1.34. The monoisotopic (exact) mass is 314 g/mol. The van der Waals surface area contributed by atoms with Crippen molar-refractivity contribution in [3.8, 4) is 22.2 Å². The maximum Gasteiger partial charge on any atom is 0.270 e. The molecule has 0 aliphatic carbocycles. The van der Waals surface area contributed by atoms with Gasteiger partial charge in [-0.25, -0.2) is 9.97 Å². The van der Waals surface area contributed by atoms with Gasteiger partial charge in [0.25, 0.3) is 5.91 Å². The number of rotatable bonds is 5. The van der Waals surface area contributed by atoms with Crippen LogP contribution < -0.4 is 11.1 Å². The molecule has 0 atom stereocenters. The Labute approximate surface area is 131 Å². The molecule has 3 aromatic rings. The molecule has 22 heavy (non-hydrogen) atoms. The standard InChI is InChI=1S/C15H14N4O2S/c16-6-7-17-13(20)11-9-22-15(19-11)12-8-18-14(21-12)10-4-2-1-3-5-10/h1-5,8-9H,6-7,16H2,(H,17,20). The zero-order chi connectivity index (χ0) is 15.4. The van der Waals surface area contributed by atoms with Crippen LogP contribution in [0.5, 0.6) is 0 Å². The summed E-state index contributed by atoms with van der Waals surface area (Å²) in [4.78, 5) is 20.3. The largest absolute Gasteiger partial charge is 0.434 e. The van der Waals surface area contributed by atoms with Crippen LogP contribution in [0.3, 0.4) is 0 Å². The summed E-state index contributed by atoms with van der Waals surface area (Å²) in [5.74, 6) is 0.831. The third-order valence-electron chi connectivity index (χ3n) is 2.90. The van der Waals surface area contributed by atoms with Crippen LogP contribution >= 0.6 is 11.3 Å². The first-order valence-electron chi connectivity index (χ1n) is 6.73. The lowest BCUT2D eigenvalue weighted by atomic mass is 10.2. The van der Waals surface area contributed by atoms with Crippen molar-refractivity contribution in [1.29, 1.82) is 0 Å². The lowest BCUT2D eigenvalue weighted by Crippen LogP contribution is -2.29. The molecule has 112 valence electrons. The van der Waals surface area contributed by atoms with E-state index in [0.29, 0.717) is 35.4 Å². The summed E-state index contributed by atoms with van der Waals surface area (Å²) in [6, 6.07) is 9.61. The van der Waals surface area contributed by atoms with Gasteiger partial charge in [0.1, 0.15) is 5.69 Å². The number of amides is 1. The van der Waals surface area contributed by atoms with Gasteiger partial charge in [-0.2, -0.15) is 0 Å². The molecule has 0 bridgehead atoms. The summed E-state index contributed by atoms with van der Waals surface area (Å²) in [6.07, 6.45) is 1.61. The zero-order valence-corrected chi connectivity index (χ0v) is 12.5. The van der Waals surface area contributed by atoms with Crippen LogP contribution in [-0.2, 0) is 0 Å². The predicted octanol–water partition coefficient (Wildman–Crippen LogP) is 2.15. The SMILES string of the molecule is NCCNC(=O)c1csc(-c2cnc(-c3ccccc3)o2)n1. The Kier molecular flexibility index (Phi) is 4.27. The topological polar surface area (TPSA) is 94.0 Å². The second-order valence-electron chi connectivity index (χ2n) is 4.48. The first-order valence-corrected chi connectivity index (χ1v) is 7.61.